The quantitative estimate of drug-likeness (QED) is 0.263. The monoisotopic (exact) mass is 485 g/mol. The van der Waals surface area contributed by atoms with E-state index < -0.39 is 9.84 Å². The fourth-order valence-electron chi connectivity index (χ4n) is 3.98. The van der Waals surface area contributed by atoms with Crippen molar-refractivity contribution in [3.8, 4) is 33.1 Å². The summed E-state index contributed by atoms with van der Waals surface area (Å²) in [5.74, 6) is 1.18. The zero-order valence-corrected chi connectivity index (χ0v) is 20.2. The number of thiophene rings is 1. The molecule has 0 saturated heterocycles. The molecular formula is C28H21O4S2. The molecule has 0 spiro atoms. The van der Waals surface area contributed by atoms with Crippen LogP contribution in [0.3, 0.4) is 0 Å². The second-order valence-electron chi connectivity index (χ2n) is 7.63. The van der Waals surface area contributed by atoms with Gasteiger partial charge in [-0.05, 0) is 53.4 Å². The van der Waals surface area contributed by atoms with Crippen LogP contribution in [0, 0.1) is 6.07 Å². The summed E-state index contributed by atoms with van der Waals surface area (Å²) in [6, 6.07) is 30.7. The van der Waals surface area contributed by atoms with Crippen LogP contribution in [-0.4, -0.2) is 22.6 Å². The Kier molecular flexibility index (Phi) is 5.86. The van der Waals surface area contributed by atoms with Crippen LogP contribution in [0.4, 0.5) is 0 Å². The Morgan fingerprint density at radius 2 is 1.47 bits per heavy atom. The lowest BCUT2D eigenvalue weighted by Crippen LogP contribution is -2.02. The molecule has 4 aromatic carbocycles. The van der Waals surface area contributed by atoms with Gasteiger partial charge in [0.05, 0.1) is 29.6 Å². The standard InChI is InChI=1S/C28H21O4S2/c1-31-24-17-16-23(26-18-20-8-6-7-11-25(20)33-26)28(32-2)27(24)19-12-14-22(15-13-19)34(29,30)21-9-4-3-5-10-21/h3-16,18H,1-2H3. The van der Waals surface area contributed by atoms with Gasteiger partial charge in [-0.25, -0.2) is 8.42 Å². The molecule has 5 rings (SSSR count). The minimum atomic E-state index is -3.60. The second kappa shape index (κ2) is 8.97. The van der Waals surface area contributed by atoms with Gasteiger partial charge in [0.25, 0.3) is 0 Å². The van der Waals surface area contributed by atoms with Crippen molar-refractivity contribution in [1.29, 1.82) is 0 Å². The highest BCUT2D eigenvalue weighted by Crippen LogP contribution is 2.47. The van der Waals surface area contributed by atoms with Crippen molar-refractivity contribution in [2.24, 2.45) is 0 Å². The Hall–Kier alpha value is -3.61. The first-order valence-electron chi connectivity index (χ1n) is 10.6. The maximum Gasteiger partial charge on any atom is 0.206 e. The number of sulfone groups is 1. The van der Waals surface area contributed by atoms with Gasteiger partial charge in [0.2, 0.25) is 9.84 Å². The van der Waals surface area contributed by atoms with Gasteiger partial charge in [0.15, 0.2) is 0 Å². The van der Waals surface area contributed by atoms with E-state index in [2.05, 4.69) is 24.3 Å². The van der Waals surface area contributed by atoms with Crippen LogP contribution < -0.4 is 9.47 Å². The Balaban J connectivity index is 1.62. The number of hydrogen-bond donors (Lipinski definition) is 0. The predicted octanol–water partition coefficient (Wildman–Crippen LogP) is 6.89. The Labute approximate surface area is 203 Å². The van der Waals surface area contributed by atoms with Crippen molar-refractivity contribution in [3.05, 3.63) is 97.1 Å². The zero-order chi connectivity index (χ0) is 23.7. The van der Waals surface area contributed by atoms with Gasteiger partial charge in [-0.2, -0.15) is 0 Å². The molecule has 0 aliphatic rings. The molecular weight excluding hydrogens is 464 g/mol. The fourth-order valence-corrected chi connectivity index (χ4v) is 6.34. The predicted molar refractivity (Wildman–Crippen MR) is 137 cm³/mol. The third-order valence-electron chi connectivity index (χ3n) is 5.65. The highest BCUT2D eigenvalue weighted by atomic mass is 32.2. The molecule has 0 atom stereocenters. The number of rotatable bonds is 6. The molecule has 0 bridgehead atoms. The van der Waals surface area contributed by atoms with E-state index in [1.807, 2.05) is 18.2 Å². The molecule has 6 heteroatoms. The van der Waals surface area contributed by atoms with E-state index in [0.717, 1.165) is 27.0 Å². The number of fused-ring (bicyclic) bond motifs is 1. The van der Waals surface area contributed by atoms with Crippen molar-refractivity contribution in [2.45, 2.75) is 9.79 Å². The Morgan fingerprint density at radius 1 is 0.794 bits per heavy atom. The first kappa shape index (κ1) is 22.2. The molecule has 0 amide bonds. The molecule has 0 N–H and O–H groups in total. The van der Waals surface area contributed by atoms with Gasteiger partial charge in [0, 0.05) is 21.2 Å². The van der Waals surface area contributed by atoms with E-state index in [-0.39, 0.29) is 9.79 Å². The highest BCUT2D eigenvalue weighted by Gasteiger charge is 2.21. The number of ether oxygens (including phenoxy) is 2. The lowest BCUT2D eigenvalue weighted by molar-refractivity contribution is 0.398. The maximum atomic E-state index is 13.0. The third-order valence-corrected chi connectivity index (χ3v) is 8.59. The van der Waals surface area contributed by atoms with Crippen molar-refractivity contribution in [2.75, 3.05) is 14.2 Å². The highest BCUT2D eigenvalue weighted by molar-refractivity contribution is 7.91. The van der Waals surface area contributed by atoms with E-state index in [1.165, 1.54) is 4.70 Å². The molecule has 0 saturated carbocycles. The summed E-state index contributed by atoms with van der Waals surface area (Å²) in [4.78, 5) is 1.55. The number of methoxy groups -OCH3 is 2. The molecule has 0 aliphatic heterocycles. The SMILES string of the molecule is COc1[c]cc(-c2cc3ccccc3s2)c(OC)c1-c1ccc(S(=O)(=O)c2ccccc2)cc1. The molecule has 0 fully saturated rings. The van der Waals surface area contributed by atoms with Gasteiger partial charge >= 0.3 is 0 Å². The molecule has 0 unspecified atom stereocenters. The molecule has 1 radical (unpaired) electrons. The Morgan fingerprint density at radius 3 is 2.15 bits per heavy atom. The molecule has 5 aromatic rings. The van der Waals surface area contributed by atoms with Gasteiger partial charge < -0.3 is 9.47 Å². The van der Waals surface area contributed by atoms with Crippen molar-refractivity contribution in [3.63, 3.8) is 0 Å². The summed E-state index contributed by atoms with van der Waals surface area (Å²) in [6.07, 6.45) is 0. The molecule has 0 aliphatic carbocycles. The van der Waals surface area contributed by atoms with E-state index in [1.54, 1.807) is 80.2 Å². The first-order chi connectivity index (χ1) is 16.5. The summed E-state index contributed by atoms with van der Waals surface area (Å²) in [7, 11) is -0.390. The molecule has 4 nitrogen and oxygen atoms in total. The van der Waals surface area contributed by atoms with Crippen LogP contribution in [0.15, 0.2) is 101 Å². The minimum Gasteiger partial charge on any atom is -0.495 e. The summed E-state index contributed by atoms with van der Waals surface area (Å²) >= 11 is 1.68. The summed E-state index contributed by atoms with van der Waals surface area (Å²) < 4.78 is 38.7. The lowest BCUT2D eigenvalue weighted by Gasteiger charge is -2.17. The fraction of sp³-hybridized carbons (Fsp3) is 0.0714. The minimum absolute atomic E-state index is 0.227. The normalized spacial score (nSPS) is 11.5. The van der Waals surface area contributed by atoms with Crippen LogP contribution >= 0.6 is 11.3 Å². The topological polar surface area (TPSA) is 52.6 Å². The van der Waals surface area contributed by atoms with Crippen molar-refractivity contribution < 1.29 is 17.9 Å². The largest absolute Gasteiger partial charge is 0.495 e. The van der Waals surface area contributed by atoms with Crippen molar-refractivity contribution in [1.82, 2.24) is 0 Å². The second-order valence-corrected chi connectivity index (χ2v) is 10.7. The van der Waals surface area contributed by atoms with Gasteiger partial charge in [0.1, 0.15) is 11.5 Å². The van der Waals surface area contributed by atoms with E-state index >= 15 is 0 Å². The summed E-state index contributed by atoms with van der Waals surface area (Å²) in [5.41, 5.74) is 2.41. The number of hydrogen-bond acceptors (Lipinski definition) is 5. The van der Waals surface area contributed by atoms with E-state index in [9.17, 15) is 8.42 Å². The van der Waals surface area contributed by atoms with E-state index in [4.69, 9.17) is 9.47 Å². The molecule has 34 heavy (non-hydrogen) atoms. The smallest absolute Gasteiger partial charge is 0.206 e. The van der Waals surface area contributed by atoms with Gasteiger partial charge in [-0.1, -0.05) is 48.5 Å². The average molecular weight is 486 g/mol. The molecule has 1 aromatic heterocycles. The number of benzene rings is 4. The maximum absolute atomic E-state index is 13.0. The van der Waals surface area contributed by atoms with Gasteiger partial charge in [-0.15, -0.1) is 11.3 Å². The summed E-state index contributed by atoms with van der Waals surface area (Å²) in [6.45, 7) is 0. The summed E-state index contributed by atoms with van der Waals surface area (Å²) in [5, 5.41) is 1.16. The zero-order valence-electron chi connectivity index (χ0n) is 18.6. The van der Waals surface area contributed by atoms with Crippen molar-refractivity contribution >= 4 is 31.3 Å². The van der Waals surface area contributed by atoms with E-state index in [0.29, 0.717) is 11.5 Å². The van der Waals surface area contributed by atoms with Gasteiger partial charge in [-0.3, -0.25) is 0 Å². The third kappa shape index (κ3) is 3.85. The Bertz CT molecular complexity index is 1540. The molecule has 1 heterocycles. The van der Waals surface area contributed by atoms with Crippen LogP contribution in [0.5, 0.6) is 11.5 Å². The average Bonchev–Trinajstić information content (AvgIpc) is 3.32. The van der Waals surface area contributed by atoms with Crippen LogP contribution in [-0.2, 0) is 9.84 Å². The molecule has 169 valence electrons. The first-order valence-corrected chi connectivity index (χ1v) is 12.9. The van der Waals surface area contributed by atoms with Crippen LogP contribution in [0.2, 0.25) is 0 Å². The van der Waals surface area contributed by atoms with Crippen LogP contribution in [0.1, 0.15) is 0 Å². The van der Waals surface area contributed by atoms with Crippen LogP contribution in [0.25, 0.3) is 31.7 Å². The lowest BCUT2D eigenvalue weighted by atomic mass is 9.99.